The van der Waals surface area contributed by atoms with Crippen molar-refractivity contribution in [3.8, 4) is 0 Å². The predicted molar refractivity (Wildman–Crippen MR) is 65.5 cm³/mol. The number of rotatable bonds is 9. The first-order valence-electron chi connectivity index (χ1n) is 6.50. The van der Waals surface area contributed by atoms with E-state index in [9.17, 15) is 9.59 Å². The first kappa shape index (κ1) is 15.9. The molecule has 4 nitrogen and oxygen atoms in total. The van der Waals surface area contributed by atoms with Crippen LogP contribution in [0.1, 0.15) is 52.9 Å². The Hall–Kier alpha value is -1.06. The smallest absolute Gasteiger partial charge is 0.320 e. The maximum atomic E-state index is 11.7. The molecule has 0 saturated carbocycles. The van der Waals surface area contributed by atoms with Crippen LogP contribution in [-0.2, 0) is 19.1 Å². The molecule has 0 spiro atoms. The maximum Gasteiger partial charge on any atom is 0.320 e. The minimum absolute atomic E-state index is 0.294. The van der Waals surface area contributed by atoms with Gasteiger partial charge in [-0.25, -0.2) is 0 Å². The molecule has 0 bridgehead atoms. The minimum Gasteiger partial charge on any atom is -0.465 e. The van der Waals surface area contributed by atoms with Gasteiger partial charge in [-0.05, 0) is 19.8 Å². The Kier molecular flexibility index (Phi) is 9.49. The summed E-state index contributed by atoms with van der Waals surface area (Å²) < 4.78 is 9.95. The van der Waals surface area contributed by atoms with Gasteiger partial charge < -0.3 is 9.47 Å². The Morgan fingerprint density at radius 1 is 0.941 bits per heavy atom. The van der Waals surface area contributed by atoms with Crippen LogP contribution in [0.15, 0.2) is 0 Å². The second kappa shape index (κ2) is 10.1. The lowest BCUT2D eigenvalue weighted by atomic mass is 10.0. The lowest BCUT2D eigenvalue weighted by Crippen LogP contribution is -2.28. The summed E-state index contributed by atoms with van der Waals surface area (Å²) in [4.78, 5) is 23.2. The van der Waals surface area contributed by atoms with Gasteiger partial charge in [-0.15, -0.1) is 0 Å². The molecule has 0 amide bonds. The number of carbonyl (C=O) groups is 2. The van der Waals surface area contributed by atoms with Crippen LogP contribution >= 0.6 is 0 Å². The van der Waals surface area contributed by atoms with Gasteiger partial charge in [0, 0.05) is 0 Å². The van der Waals surface area contributed by atoms with E-state index in [1.165, 1.54) is 0 Å². The molecule has 0 aromatic rings. The fourth-order valence-electron chi connectivity index (χ4n) is 1.49. The van der Waals surface area contributed by atoms with Crippen LogP contribution in [0.4, 0.5) is 0 Å². The third-order valence-electron chi connectivity index (χ3n) is 2.43. The largest absolute Gasteiger partial charge is 0.465 e. The molecule has 0 radical (unpaired) electrons. The molecule has 0 aromatic heterocycles. The molecule has 0 fully saturated rings. The topological polar surface area (TPSA) is 52.6 Å². The van der Waals surface area contributed by atoms with Crippen molar-refractivity contribution >= 4 is 11.9 Å². The zero-order valence-electron chi connectivity index (χ0n) is 11.2. The van der Waals surface area contributed by atoms with Crippen LogP contribution in [-0.4, -0.2) is 25.2 Å². The van der Waals surface area contributed by atoms with E-state index in [0.29, 0.717) is 19.6 Å². The lowest BCUT2D eigenvalue weighted by molar-refractivity contribution is -0.162. The standard InChI is InChI=1S/C13H24O4/c1-4-7-8-10-17-13(15)11(9-5-2)12(14)16-6-3/h11H,4-10H2,1-3H3. The summed E-state index contributed by atoms with van der Waals surface area (Å²) in [6.45, 7) is 6.43. The van der Waals surface area contributed by atoms with E-state index < -0.39 is 17.9 Å². The third-order valence-corrected chi connectivity index (χ3v) is 2.43. The van der Waals surface area contributed by atoms with Gasteiger partial charge in [0.05, 0.1) is 13.2 Å². The van der Waals surface area contributed by atoms with Gasteiger partial charge in [0.2, 0.25) is 0 Å². The highest BCUT2D eigenvalue weighted by atomic mass is 16.6. The highest BCUT2D eigenvalue weighted by molar-refractivity contribution is 5.94. The average molecular weight is 244 g/mol. The molecular formula is C13H24O4. The summed E-state index contributed by atoms with van der Waals surface area (Å²) in [5, 5.41) is 0. The Bertz CT molecular complexity index is 225. The molecule has 4 heteroatoms. The summed E-state index contributed by atoms with van der Waals surface area (Å²) in [7, 11) is 0. The van der Waals surface area contributed by atoms with Gasteiger partial charge in [-0.2, -0.15) is 0 Å². The van der Waals surface area contributed by atoms with Gasteiger partial charge in [-0.1, -0.05) is 33.1 Å². The lowest BCUT2D eigenvalue weighted by Gasteiger charge is -2.13. The first-order valence-corrected chi connectivity index (χ1v) is 6.50. The molecular weight excluding hydrogens is 220 g/mol. The molecule has 1 atom stereocenters. The molecule has 0 aliphatic heterocycles. The molecule has 0 N–H and O–H groups in total. The number of hydrogen-bond acceptors (Lipinski definition) is 4. The van der Waals surface area contributed by atoms with Crippen LogP contribution in [0, 0.1) is 5.92 Å². The van der Waals surface area contributed by atoms with Crippen LogP contribution in [0.2, 0.25) is 0 Å². The van der Waals surface area contributed by atoms with Crippen LogP contribution < -0.4 is 0 Å². The third kappa shape index (κ3) is 6.97. The van der Waals surface area contributed by atoms with Crippen molar-refractivity contribution in [1.29, 1.82) is 0 Å². The van der Waals surface area contributed by atoms with E-state index in [1.807, 2.05) is 6.92 Å². The fraction of sp³-hybridized carbons (Fsp3) is 0.846. The van der Waals surface area contributed by atoms with Crippen molar-refractivity contribution in [2.75, 3.05) is 13.2 Å². The minimum atomic E-state index is -0.749. The Morgan fingerprint density at radius 2 is 1.59 bits per heavy atom. The van der Waals surface area contributed by atoms with Crippen LogP contribution in [0.5, 0.6) is 0 Å². The van der Waals surface area contributed by atoms with Crippen molar-refractivity contribution in [3.63, 3.8) is 0 Å². The second-order valence-electron chi connectivity index (χ2n) is 3.97. The molecule has 0 aliphatic rings. The van der Waals surface area contributed by atoms with E-state index in [0.717, 1.165) is 25.7 Å². The predicted octanol–water partition coefficient (Wildman–Crippen LogP) is 2.70. The van der Waals surface area contributed by atoms with Crippen molar-refractivity contribution in [3.05, 3.63) is 0 Å². The van der Waals surface area contributed by atoms with E-state index in [2.05, 4.69) is 6.92 Å². The zero-order valence-corrected chi connectivity index (χ0v) is 11.2. The second-order valence-corrected chi connectivity index (χ2v) is 3.97. The van der Waals surface area contributed by atoms with Crippen LogP contribution in [0.25, 0.3) is 0 Å². The van der Waals surface area contributed by atoms with Crippen molar-refractivity contribution in [2.45, 2.75) is 52.9 Å². The van der Waals surface area contributed by atoms with E-state index in [-0.39, 0.29) is 0 Å². The first-order chi connectivity index (χ1) is 8.17. The number of unbranched alkanes of at least 4 members (excludes halogenated alkanes) is 2. The monoisotopic (exact) mass is 244 g/mol. The van der Waals surface area contributed by atoms with E-state index in [1.54, 1.807) is 6.92 Å². The highest BCUT2D eigenvalue weighted by Crippen LogP contribution is 2.11. The summed E-state index contributed by atoms with van der Waals surface area (Å²) >= 11 is 0. The quantitative estimate of drug-likeness (QED) is 0.355. The molecule has 0 rings (SSSR count). The summed E-state index contributed by atoms with van der Waals surface area (Å²) in [6.07, 6.45) is 4.21. The maximum absolute atomic E-state index is 11.7. The van der Waals surface area contributed by atoms with Crippen molar-refractivity contribution in [2.24, 2.45) is 5.92 Å². The molecule has 1 unspecified atom stereocenters. The normalized spacial score (nSPS) is 11.9. The zero-order chi connectivity index (χ0) is 13.1. The molecule has 0 saturated heterocycles. The fourth-order valence-corrected chi connectivity index (χ4v) is 1.49. The van der Waals surface area contributed by atoms with Gasteiger partial charge in [0.1, 0.15) is 0 Å². The SMILES string of the molecule is CCCCCOC(=O)C(CCC)C(=O)OCC. The Balaban J connectivity index is 4.10. The molecule has 100 valence electrons. The average Bonchev–Trinajstić information content (AvgIpc) is 2.31. The molecule has 0 aromatic carbocycles. The Labute approximate surface area is 104 Å². The van der Waals surface area contributed by atoms with Crippen molar-refractivity contribution < 1.29 is 19.1 Å². The molecule has 0 heterocycles. The number of ether oxygens (including phenoxy) is 2. The number of carbonyl (C=O) groups excluding carboxylic acids is 2. The summed E-state index contributed by atoms with van der Waals surface area (Å²) in [5.41, 5.74) is 0. The Morgan fingerprint density at radius 3 is 2.12 bits per heavy atom. The number of hydrogen-bond donors (Lipinski definition) is 0. The van der Waals surface area contributed by atoms with Crippen LogP contribution in [0.3, 0.4) is 0 Å². The molecule has 17 heavy (non-hydrogen) atoms. The summed E-state index contributed by atoms with van der Waals surface area (Å²) in [5.74, 6) is -1.65. The van der Waals surface area contributed by atoms with Gasteiger partial charge in [0.25, 0.3) is 0 Å². The summed E-state index contributed by atoms with van der Waals surface area (Å²) in [6, 6.07) is 0. The van der Waals surface area contributed by atoms with E-state index >= 15 is 0 Å². The molecule has 0 aliphatic carbocycles. The number of esters is 2. The van der Waals surface area contributed by atoms with Gasteiger partial charge >= 0.3 is 11.9 Å². The van der Waals surface area contributed by atoms with Gasteiger partial charge in [-0.3, -0.25) is 9.59 Å². The highest BCUT2D eigenvalue weighted by Gasteiger charge is 2.28. The van der Waals surface area contributed by atoms with E-state index in [4.69, 9.17) is 9.47 Å². The van der Waals surface area contributed by atoms with Gasteiger partial charge in [0.15, 0.2) is 5.92 Å². The van der Waals surface area contributed by atoms with Crippen molar-refractivity contribution in [1.82, 2.24) is 0 Å².